The Morgan fingerprint density at radius 3 is 2.11 bits per heavy atom. The van der Waals surface area contributed by atoms with Crippen molar-refractivity contribution >= 4 is 17.5 Å². The number of anilines is 2. The number of hydrogen-bond acceptors (Lipinski definition) is 5. The average molecular weight is 372 g/mol. The molecule has 3 fully saturated rings. The predicted molar refractivity (Wildman–Crippen MR) is 108 cm³/mol. The molecule has 0 bridgehead atoms. The number of piperidine rings is 3. The van der Waals surface area contributed by atoms with Crippen LogP contribution in [0, 0.1) is 11.8 Å². The summed E-state index contributed by atoms with van der Waals surface area (Å²) in [5.74, 6) is 2.22. The zero-order valence-electron chi connectivity index (χ0n) is 16.6. The van der Waals surface area contributed by atoms with Crippen LogP contribution in [-0.2, 0) is 4.79 Å². The molecule has 1 aromatic heterocycles. The number of likely N-dealkylation sites (tertiary alicyclic amines) is 1. The summed E-state index contributed by atoms with van der Waals surface area (Å²) in [6.45, 7) is 8.18. The Morgan fingerprint density at radius 1 is 0.852 bits per heavy atom. The number of carbonyl (C=O) groups excluding carboxylic acids is 1. The van der Waals surface area contributed by atoms with Crippen molar-refractivity contribution in [2.24, 2.45) is 11.8 Å². The van der Waals surface area contributed by atoms with Gasteiger partial charge in [0.2, 0.25) is 11.9 Å². The Hall–Kier alpha value is -1.85. The predicted octanol–water partition coefficient (Wildman–Crippen LogP) is 2.94. The van der Waals surface area contributed by atoms with Crippen LogP contribution in [-0.4, -0.2) is 60.0 Å². The minimum absolute atomic E-state index is 0.197. The van der Waals surface area contributed by atoms with Gasteiger partial charge in [-0.2, -0.15) is 0 Å². The first-order valence-corrected chi connectivity index (χ1v) is 10.8. The number of rotatable bonds is 3. The molecule has 1 amide bonds. The maximum Gasteiger partial charge on any atom is 0.225 e. The van der Waals surface area contributed by atoms with Crippen LogP contribution in [0.4, 0.5) is 11.6 Å². The van der Waals surface area contributed by atoms with E-state index in [4.69, 9.17) is 0 Å². The average Bonchev–Trinajstić information content (AvgIpc) is 2.75. The molecule has 0 atom stereocenters. The summed E-state index contributed by atoms with van der Waals surface area (Å²) >= 11 is 0. The largest absolute Gasteiger partial charge is 0.369 e. The highest BCUT2D eigenvalue weighted by atomic mass is 16.2. The molecule has 148 valence electrons. The third-order valence-electron chi connectivity index (χ3n) is 6.57. The fourth-order valence-electron chi connectivity index (χ4n) is 4.61. The van der Waals surface area contributed by atoms with Gasteiger partial charge in [0.25, 0.3) is 0 Å². The van der Waals surface area contributed by atoms with Gasteiger partial charge in [-0.3, -0.25) is 4.79 Å². The van der Waals surface area contributed by atoms with Crippen molar-refractivity contribution in [3.05, 3.63) is 12.4 Å². The van der Waals surface area contributed by atoms with E-state index >= 15 is 0 Å². The first kappa shape index (κ1) is 18.5. The quantitative estimate of drug-likeness (QED) is 0.818. The number of hydrogen-bond donors (Lipinski definition) is 0. The molecule has 0 saturated carbocycles. The normalized spacial score (nSPS) is 22.9. The minimum Gasteiger partial charge on any atom is -0.369 e. The van der Waals surface area contributed by atoms with Crippen molar-refractivity contribution in [3.63, 3.8) is 0 Å². The fourth-order valence-corrected chi connectivity index (χ4v) is 4.61. The molecule has 0 aromatic carbocycles. The summed E-state index contributed by atoms with van der Waals surface area (Å²) in [4.78, 5) is 28.8. The summed E-state index contributed by atoms with van der Waals surface area (Å²) in [7, 11) is 0. The zero-order chi connectivity index (χ0) is 18.6. The third-order valence-corrected chi connectivity index (χ3v) is 6.57. The molecule has 27 heavy (non-hydrogen) atoms. The topological polar surface area (TPSA) is 52.6 Å². The fraction of sp³-hybridized carbons (Fsp3) is 0.762. The molecule has 6 nitrogen and oxygen atoms in total. The molecule has 0 unspecified atom stereocenters. The maximum absolute atomic E-state index is 12.8. The van der Waals surface area contributed by atoms with Crippen LogP contribution in [0.25, 0.3) is 0 Å². The number of nitrogens with zero attached hydrogens (tertiary/aromatic N) is 5. The van der Waals surface area contributed by atoms with E-state index in [2.05, 4.69) is 31.6 Å². The minimum atomic E-state index is 0.197. The van der Waals surface area contributed by atoms with Crippen LogP contribution in [0.5, 0.6) is 0 Å². The molecular weight excluding hydrogens is 338 g/mol. The maximum atomic E-state index is 12.8. The van der Waals surface area contributed by atoms with Gasteiger partial charge in [0.15, 0.2) is 0 Å². The van der Waals surface area contributed by atoms with Crippen LogP contribution in [0.3, 0.4) is 0 Å². The van der Waals surface area contributed by atoms with E-state index < -0.39 is 0 Å². The van der Waals surface area contributed by atoms with Crippen molar-refractivity contribution in [2.45, 2.75) is 51.9 Å². The summed E-state index contributed by atoms with van der Waals surface area (Å²) in [6.07, 6.45) is 11.9. The van der Waals surface area contributed by atoms with Gasteiger partial charge in [0.1, 0.15) is 0 Å². The third kappa shape index (κ3) is 4.36. The Bertz CT molecular complexity index is 612. The SMILES string of the molecule is CC1CCN(C(=O)C2CCN(c3cnc(N4CCCCC4)nc3)CC2)CC1. The molecule has 0 radical (unpaired) electrons. The van der Waals surface area contributed by atoms with Crippen LogP contribution < -0.4 is 9.80 Å². The summed E-state index contributed by atoms with van der Waals surface area (Å²) in [6, 6.07) is 0. The Kier molecular flexibility index (Phi) is 5.79. The highest BCUT2D eigenvalue weighted by Crippen LogP contribution is 2.26. The molecule has 0 spiro atoms. The van der Waals surface area contributed by atoms with Crippen molar-refractivity contribution in [2.75, 3.05) is 49.1 Å². The van der Waals surface area contributed by atoms with Gasteiger partial charge in [0, 0.05) is 45.2 Å². The van der Waals surface area contributed by atoms with Crippen molar-refractivity contribution in [1.82, 2.24) is 14.9 Å². The number of carbonyl (C=O) groups is 1. The number of aromatic nitrogens is 2. The monoisotopic (exact) mass is 371 g/mol. The van der Waals surface area contributed by atoms with Gasteiger partial charge in [-0.1, -0.05) is 6.92 Å². The molecule has 4 heterocycles. The number of amides is 1. The summed E-state index contributed by atoms with van der Waals surface area (Å²) < 4.78 is 0. The van der Waals surface area contributed by atoms with Crippen molar-refractivity contribution < 1.29 is 4.79 Å². The van der Waals surface area contributed by atoms with Crippen LogP contribution >= 0.6 is 0 Å². The Balaban J connectivity index is 1.29. The van der Waals surface area contributed by atoms with Gasteiger partial charge in [-0.25, -0.2) is 9.97 Å². The molecule has 0 N–H and O–H groups in total. The highest BCUT2D eigenvalue weighted by Gasteiger charge is 2.30. The highest BCUT2D eigenvalue weighted by molar-refractivity contribution is 5.79. The van der Waals surface area contributed by atoms with E-state index in [9.17, 15) is 4.79 Å². The molecule has 3 aliphatic heterocycles. The Labute approximate surface area is 162 Å². The molecular formula is C21H33N5O. The standard InChI is InChI=1S/C21H33N5O/c1-17-5-11-25(12-6-17)20(27)18-7-13-24(14-8-18)19-15-22-21(23-16-19)26-9-3-2-4-10-26/h15-18H,2-14H2,1H3. The molecule has 1 aromatic rings. The lowest BCUT2D eigenvalue weighted by molar-refractivity contribution is -0.137. The zero-order valence-corrected chi connectivity index (χ0v) is 16.6. The smallest absolute Gasteiger partial charge is 0.225 e. The van der Waals surface area contributed by atoms with E-state index in [1.165, 1.54) is 19.3 Å². The summed E-state index contributed by atoms with van der Waals surface area (Å²) in [5.41, 5.74) is 1.09. The van der Waals surface area contributed by atoms with Gasteiger partial charge in [0.05, 0.1) is 18.1 Å². The Morgan fingerprint density at radius 2 is 1.48 bits per heavy atom. The van der Waals surface area contributed by atoms with E-state index in [-0.39, 0.29) is 5.92 Å². The first-order valence-electron chi connectivity index (χ1n) is 10.8. The van der Waals surface area contributed by atoms with E-state index in [1.54, 1.807) is 0 Å². The first-order chi connectivity index (χ1) is 13.2. The second-order valence-electron chi connectivity index (χ2n) is 8.56. The molecule has 3 aliphatic rings. The van der Waals surface area contributed by atoms with E-state index in [1.807, 2.05) is 12.4 Å². The second kappa shape index (κ2) is 8.44. The van der Waals surface area contributed by atoms with Crippen LogP contribution in [0.15, 0.2) is 12.4 Å². The lowest BCUT2D eigenvalue weighted by Gasteiger charge is -2.37. The summed E-state index contributed by atoms with van der Waals surface area (Å²) in [5, 5.41) is 0. The van der Waals surface area contributed by atoms with Gasteiger partial charge in [-0.15, -0.1) is 0 Å². The van der Waals surface area contributed by atoms with Gasteiger partial charge < -0.3 is 14.7 Å². The van der Waals surface area contributed by atoms with Crippen LogP contribution in [0.2, 0.25) is 0 Å². The van der Waals surface area contributed by atoms with Crippen molar-refractivity contribution in [1.29, 1.82) is 0 Å². The lowest BCUT2D eigenvalue weighted by Crippen LogP contribution is -2.45. The van der Waals surface area contributed by atoms with Crippen LogP contribution in [0.1, 0.15) is 51.9 Å². The van der Waals surface area contributed by atoms with E-state index in [0.717, 1.165) is 82.5 Å². The lowest BCUT2D eigenvalue weighted by atomic mass is 9.92. The molecule has 6 heteroatoms. The van der Waals surface area contributed by atoms with Crippen molar-refractivity contribution in [3.8, 4) is 0 Å². The molecule has 3 saturated heterocycles. The second-order valence-corrected chi connectivity index (χ2v) is 8.56. The van der Waals surface area contributed by atoms with Gasteiger partial charge >= 0.3 is 0 Å². The van der Waals surface area contributed by atoms with Gasteiger partial charge in [-0.05, 0) is 50.9 Å². The van der Waals surface area contributed by atoms with E-state index in [0.29, 0.717) is 5.91 Å². The molecule has 4 rings (SSSR count). The molecule has 0 aliphatic carbocycles.